The van der Waals surface area contributed by atoms with E-state index in [1.165, 1.54) is 97.3 Å². The molecule has 9 aromatic carbocycles. The fourth-order valence-electron chi connectivity index (χ4n) is 7.81. The van der Waals surface area contributed by atoms with Gasteiger partial charge in [-0.1, -0.05) is 114 Å². The van der Waals surface area contributed by atoms with Crippen molar-refractivity contribution in [3.05, 3.63) is 120 Å². The first kappa shape index (κ1) is 25.8. The fourth-order valence-corrected chi connectivity index (χ4v) is 7.81. The Balaban J connectivity index is 1.65. The first-order valence-electron chi connectivity index (χ1n) is 15.9. The Hall–Kier alpha value is -4.68. The molecule has 0 saturated carbocycles. The zero-order valence-corrected chi connectivity index (χ0v) is 26.4. The molecule has 0 spiro atoms. The first-order valence-corrected chi connectivity index (χ1v) is 15.9. The molecule has 212 valence electrons. The van der Waals surface area contributed by atoms with E-state index >= 15 is 0 Å². The molecule has 0 aliphatic heterocycles. The highest BCUT2D eigenvalue weighted by atomic mass is 14.3. The number of hydrogen-bond acceptors (Lipinski definition) is 0. The second-order valence-corrected chi connectivity index (χ2v) is 15.0. The Morgan fingerprint density at radius 2 is 0.636 bits per heavy atom. The van der Waals surface area contributed by atoms with Gasteiger partial charge in [-0.05, 0) is 145 Å². The summed E-state index contributed by atoms with van der Waals surface area (Å²) in [6.07, 6.45) is 0. The van der Waals surface area contributed by atoms with Crippen molar-refractivity contribution in [2.24, 2.45) is 0 Å². The molecular formula is C44H36. The summed E-state index contributed by atoms with van der Waals surface area (Å²) in [5.74, 6) is 0. The minimum Gasteiger partial charge on any atom is -0.0616 e. The molecule has 0 atom stereocenters. The summed E-state index contributed by atoms with van der Waals surface area (Å²) >= 11 is 0. The predicted octanol–water partition coefficient (Wildman–Crippen LogP) is 12.9. The van der Waals surface area contributed by atoms with Crippen molar-refractivity contribution in [3.63, 3.8) is 0 Å². The summed E-state index contributed by atoms with van der Waals surface area (Å²) in [7, 11) is 0. The van der Waals surface area contributed by atoms with Crippen LogP contribution < -0.4 is 0 Å². The van der Waals surface area contributed by atoms with Crippen molar-refractivity contribution < 1.29 is 0 Å². The van der Waals surface area contributed by atoms with Gasteiger partial charge in [-0.25, -0.2) is 0 Å². The maximum absolute atomic E-state index is 2.51. The predicted molar refractivity (Wildman–Crippen MR) is 195 cm³/mol. The molecule has 9 aromatic rings. The van der Waals surface area contributed by atoms with Crippen LogP contribution in [0.5, 0.6) is 0 Å². The molecule has 0 saturated heterocycles. The van der Waals surface area contributed by atoms with Gasteiger partial charge < -0.3 is 0 Å². The Kier molecular flexibility index (Phi) is 4.97. The molecule has 0 aliphatic carbocycles. The molecule has 0 amide bonds. The maximum atomic E-state index is 2.51. The van der Waals surface area contributed by atoms with Crippen LogP contribution in [-0.2, 0) is 10.8 Å². The standard InChI is InChI=1S/C44H36/c1-43(2,3)27-19-35-31-17-15-25-11-7-9-13-29(25)33(31)24-40-38-22-28(44(4,5)6)20-36-32-18-16-26-12-8-10-14-30(26)34(32)23-39(42(36)38)37(21-27)41(35)40/h7-24H,1-6H3. The van der Waals surface area contributed by atoms with Crippen LogP contribution >= 0.6 is 0 Å². The van der Waals surface area contributed by atoms with Crippen molar-refractivity contribution in [2.45, 2.75) is 52.4 Å². The second kappa shape index (κ2) is 8.48. The third-order valence-corrected chi connectivity index (χ3v) is 10.2. The number of hydrogen-bond donors (Lipinski definition) is 0. The van der Waals surface area contributed by atoms with Gasteiger partial charge >= 0.3 is 0 Å². The van der Waals surface area contributed by atoms with Crippen molar-refractivity contribution in [3.8, 4) is 0 Å². The molecule has 0 nitrogen and oxygen atoms in total. The third-order valence-electron chi connectivity index (χ3n) is 10.2. The second-order valence-electron chi connectivity index (χ2n) is 15.0. The Morgan fingerprint density at radius 1 is 0.295 bits per heavy atom. The number of benzene rings is 9. The highest BCUT2D eigenvalue weighted by molar-refractivity contribution is 6.40. The van der Waals surface area contributed by atoms with E-state index in [-0.39, 0.29) is 10.8 Å². The van der Waals surface area contributed by atoms with Crippen molar-refractivity contribution in [2.75, 3.05) is 0 Å². The number of rotatable bonds is 0. The Bertz CT molecular complexity index is 2470. The average molecular weight is 565 g/mol. The molecule has 44 heavy (non-hydrogen) atoms. The lowest BCUT2D eigenvalue weighted by Crippen LogP contribution is -2.11. The van der Waals surface area contributed by atoms with Crippen LogP contribution in [0.15, 0.2) is 109 Å². The lowest BCUT2D eigenvalue weighted by molar-refractivity contribution is 0.591. The van der Waals surface area contributed by atoms with E-state index in [9.17, 15) is 0 Å². The zero-order valence-electron chi connectivity index (χ0n) is 26.4. The van der Waals surface area contributed by atoms with Gasteiger partial charge in [0.2, 0.25) is 0 Å². The van der Waals surface area contributed by atoms with E-state index in [1.807, 2.05) is 0 Å². The van der Waals surface area contributed by atoms with Crippen LogP contribution in [0.3, 0.4) is 0 Å². The topological polar surface area (TPSA) is 0 Å². The van der Waals surface area contributed by atoms with Crippen LogP contribution in [0.4, 0.5) is 0 Å². The van der Waals surface area contributed by atoms with E-state index in [2.05, 4.69) is 151 Å². The first-order chi connectivity index (χ1) is 21.1. The Labute approximate surface area is 258 Å². The fraction of sp³-hybridized carbons (Fsp3) is 0.182. The van der Waals surface area contributed by atoms with Crippen molar-refractivity contribution in [1.82, 2.24) is 0 Å². The smallest absolute Gasteiger partial charge is 0.00197 e. The summed E-state index contributed by atoms with van der Waals surface area (Å²) in [4.78, 5) is 0. The lowest BCUT2D eigenvalue weighted by Gasteiger charge is -2.26. The van der Waals surface area contributed by atoms with Gasteiger partial charge in [0.15, 0.2) is 0 Å². The van der Waals surface area contributed by atoms with Gasteiger partial charge in [-0.3, -0.25) is 0 Å². The molecule has 0 N–H and O–H groups in total. The van der Waals surface area contributed by atoms with E-state index < -0.39 is 0 Å². The minimum absolute atomic E-state index is 0.0168. The van der Waals surface area contributed by atoms with Crippen LogP contribution in [0.2, 0.25) is 0 Å². The largest absolute Gasteiger partial charge is 0.0616 e. The molecular weight excluding hydrogens is 528 g/mol. The molecule has 0 heteroatoms. The normalized spacial score (nSPS) is 13.2. The van der Waals surface area contributed by atoms with Crippen LogP contribution in [0, 0.1) is 0 Å². The average Bonchev–Trinajstić information content (AvgIpc) is 3.01. The van der Waals surface area contributed by atoms with Gasteiger partial charge in [-0.2, -0.15) is 0 Å². The maximum Gasteiger partial charge on any atom is -0.00197 e. The van der Waals surface area contributed by atoms with E-state index in [0.29, 0.717) is 0 Å². The van der Waals surface area contributed by atoms with Crippen LogP contribution in [0.1, 0.15) is 52.7 Å². The highest BCUT2D eigenvalue weighted by Crippen LogP contribution is 2.49. The monoisotopic (exact) mass is 564 g/mol. The highest BCUT2D eigenvalue weighted by Gasteiger charge is 2.24. The van der Waals surface area contributed by atoms with Gasteiger partial charge in [-0.15, -0.1) is 0 Å². The SMILES string of the molecule is CC(C)(C)c1cc2c3ccc4ccccc4c3cc3c4cc(C(C)(C)C)cc5c6ccc7ccccc7c6cc(c(c1)c23)c54. The molecule has 0 fully saturated rings. The zero-order chi connectivity index (χ0) is 30.1. The summed E-state index contributed by atoms with van der Waals surface area (Å²) in [5.41, 5.74) is 2.80. The summed E-state index contributed by atoms with van der Waals surface area (Å²) in [5, 5.41) is 21.6. The van der Waals surface area contributed by atoms with E-state index in [4.69, 9.17) is 0 Å². The van der Waals surface area contributed by atoms with Crippen molar-refractivity contribution in [1.29, 1.82) is 0 Å². The minimum atomic E-state index is 0.0168. The molecule has 0 unspecified atom stereocenters. The molecule has 0 radical (unpaired) electrons. The molecule has 0 aliphatic rings. The van der Waals surface area contributed by atoms with Crippen molar-refractivity contribution >= 4 is 86.2 Å². The van der Waals surface area contributed by atoms with Gasteiger partial charge in [0.25, 0.3) is 0 Å². The van der Waals surface area contributed by atoms with E-state index in [0.717, 1.165) is 0 Å². The van der Waals surface area contributed by atoms with Gasteiger partial charge in [0, 0.05) is 0 Å². The van der Waals surface area contributed by atoms with Crippen LogP contribution in [0.25, 0.3) is 86.2 Å². The molecule has 0 heterocycles. The van der Waals surface area contributed by atoms with E-state index in [1.54, 1.807) is 0 Å². The van der Waals surface area contributed by atoms with Crippen LogP contribution in [-0.4, -0.2) is 0 Å². The molecule has 9 rings (SSSR count). The quantitative estimate of drug-likeness (QED) is 0.127. The van der Waals surface area contributed by atoms with Gasteiger partial charge in [0.05, 0.1) is 0 Å². The molecule has 0 bridgehead atoms. The lowest BCUT2D eigenvalue weighted by atomic mass is 9.78. The molecule has 0 aromatic heterocycles. The third kappa shape index (κ3) is 3.46. The summed E-state index contributed by atoms with van der Waals surface area (Å²) in [6.45, 7) is 14.1. The summed E-state index contributed by atoms with van der Waals surface area (Å²) in [6, 6.07) is 42.1. The number of fused-ring (bicyclic) bond motifs is 10. The Morgan fingerprint density at radius 3 is 1.02 bits per heavy atom. The summed E-state index contributed by atoms with van der Waals surface area (Å²) < 4.78 is 0. The van der Waals surface area contributed by atoms with Gasteiger partial charge in [0.1, 0.15) is 0 Å².